The zero-order valence-electron chi connectivity index (χ0n) is 15.5. The second-order valence-corrected chi connectivity index (χ2v) is 6.47. The monoisotopic (exact) mass is 439 g/mol. The summed E-state index contributed by atoms with van der Waals surface area (Å²) in [6, 6.07) is 0.598. The fourth-order valence-corrected chi connectivity index (χ4v) is 3.02. The van der Waals surface area contributed by atoms with Crippen molar-refractivity contribution in [2.75, 3.05) is 46.8 Å². The standard InChI is InChI=1S/C16H33N5O.HI/c1-7-20(8-2)13-9-10-21(11-13)15(18-6)19-12-16(3,4)14(22)17-5;/h13H,7-12H2,1-6H3,(H,17,22)(H,18,19);1H. The van der Waals surface area contributed by atoms with Crippen molar-refractivity contribution < 1.29 is 4.79 Å². The van der Waals surface area contributed by atoms with Gasteiger partial charge >= 0.3 is 0 Å². The molecule has 1 rings (SSSR count). The number of guanidine groups is 1. The maximum absolute atomic E-state index is 11.9. The molecule has 0 aromatic rings. The summed E-state index contributed by atoms with van der Waals surface area (Å²) in [5, 5.41) is 6.07. The first-order valence-electron chi connectivity index (χ1n) is 8.31. The van der Waals surface area contributed by atoms with E-state index in [4.69, 9.17) is 0 Å². The first kappa shape index (κ1) is 22.4. The van der Waals surface area contributed by atoms with Gasteiger partial charge in [-0.2, -0.15) is 0 Å². The van der Waals surface area contributed by atoms with Crippen molar-refractivity contribution in [2.45, 2.75) is 40.2 Å². The van der Waals surface area contributed by atoms with E-state index in [2.05, 4.69) is 39.3 Å². The molecule has 2 N–H and O–H groups in total. The van der Waals surface area contributed by atoms with Gasteiger partial charge in [-0.1, -0.05) is 13.8 Å². The second-order valence-electron chi connectivity index (χ2n) is 6.47. The van der Waals surface area contributed by atoms with Gasteiger partial charge < -0.3 is 15.5 Å². The normalized spacial score (nSPS) is 18.8. The van der Waals surface area contributed by atoms with Crippen LogP contribution in [0.2, 0.25) is 0 Å². The van der Waals surface area contributed by atoms with Crippen LogP contribution in [-0.4, -0.2) is 74.5 Å². The van der Waals surface area contributed by atoms with E-state index in [-0.39, 0.29) is 29.9 Å². The van der Waals surface area contributed by atoms with Gasteiger partial charge in [-0.05, 0) is 33.4 Å². The molecule has 0 spiro atoms. The molecule has 1 unspecified atom stereocenters. The van der Waals surface area contributed by atoms with Crippen molar-refractivity contribution in [3.63, 3.8) is 0 Å². The van der Waals surface area contributed by atoms with Crippen molar-refractivity contribution >= 4 is 35.8 Å². The number of carbonyl (C=O) groups is 1. The number of halogens is 1. The lowest BCUT2D eigenvalue weighted by atomic mass is 9.92. The van der Waals surface area contributed by atoms with Gasteiger partial charge in [-0.3, -0.25) is 14.7 Å². The maximum Gasteiger partial charge on any atom is 0.227 e. The topological polar surface area (TPSA) is 60.0 Å². The zero-order chi connectivity index (χ0) is 16.8. The maximum atomic E-state index is 11.9. The number of likely N-dealkylation sites (tertiary alicyclic amines) is 1. The molecule has 1 saturated heterocycles. The molecule has 0 aliphatic carbocycles. The molecule has 136 valence electrons. The smallest absolute Gasteiger partial charge is 0.227 e. The Morgan fingerprint density at radius 1 is 1.35 bits per heavy atom. The van der Waals surface area contributed by atoms with Crippen molar-refractivity contribution in [3.8, 4) is 0 Å². The number of hydrogen-bond donors (Lipinski definition) is 2. The SMILES string of the molecule is CCN(CC)C1CCN(C(=NC)NCC(C)(C)C(=O)NC)C1.I. The molecule has 0 bridgehead atoms. The van der Waals surface area contributed by atoms with Gasteiger partial charge in [0.2, 0.25) is 5.91 Å². The molecule has 1 aliphatic heterocycles. The van der Waals surface area contributed by atoms with E-state index in [1.807, 2.05) is 13.8 Å². The van der Waals surface area contributed by atoms with Gasteiger partial charge in [0.25, 0.3) is 0 Å². The van der Waals surface area contributed by atoms with Crippen molar-refractivity contribution in [3.05, 3.63) is 0 Å². The van der Waals surface area contributed by atoms with Crippen molar-refractivity contribution in [1.29, 1.82) is 0 Å². The van der Waals surface area contributed by atoms with E-state index < -0.39 is 5.41 Å². The largest absolute Gasteiger partial charge is 0.359 e. The Morgan fingerprint density at radius 2 is 1.96 bits per heavy atom. The third-order valence-corrected chi connectivity index (χ3v) is 4.53. The van der Waals surface area contributed by atoms with Gasteiger partial charge in [-0.25, -0.2) is 0 Å². The van der Waals surface area contributed by atoms with E-state index in [0.29, 0.717) is 12.6 Å². The molecular formula is C16H34IN5O. The van der Waals surface area contributed by atoms with Crippen molar-refractivity contribution in [2.24, 2.45) is 10.4 Å². The first-order valence-corrected chi connectivity index (χ1v) is 8.31. The van der Waals surface area contributed by atoms with E-state index in [1.54, 1.807) is 14.1 Å². The minimum absolute atomic E-state index is 0. The Labute approximate surface area is 158 Å². The Hall–Kier alpha value is -0.570. The molecule has 1 fully saturated rings. The lowest BCUT2D eigenvalue weighted by Gasteiger charge is -2.29. The fourth-order valence-electron chi connectivity index (χ4n) is 3.02. The van der Waals surface area contributed by atoms with E-state index >= 15 is 0 Å². The third kappa shape index (κ3) is 6.10. The molecule has 0 saturated carbocycles. The highest BCUT2D eigenvalue weighted by Crippen LogP contribution is 2.17. The number of carbonyl (C=O) groups excluding carboxylic acids is 1. The van der Waals surface area contributed by atoms with E-state index in [1.165, 1.54) is 6.42 Å². The number of likely N-dealkylation sites (N-methyl/N-ethyl adjacent to an activating group) is 1. The third-order valence-electron chi connectivity index (χ3n) is 4.53. The fraction of sp³-hybridized carbons (Fsp3) is 0.875. The van der Waals surface area contributed by atoms with Gasteiger partial charge in [0.15, 0.2) is 5.96 Å². The lowest BCUT2D eigenvalue weighted by molar-refractivity contribution is -0.128. The van der Waals surface area contributed by atoms with Crippen LogP contribution in [0.3, 0.4) is 0 Å². The van der Waals surface area contributed by atoms with Crippen LogP contribution in [0.25, 0.3) is 0 Å². The summed E-state index contributed by atoms with van der Waals surface area (Å²) < 4.78 is 0. The van der Waals surface area contributed by atoms with Crippen LogP contribution in [0.4, 0.5) is 0 Å². The van der Waals surface area contributed by atoms with Gasteiger partial charge in [0, 0.05) is 39.8 Å². The van der Waals surface area contributed by atoms with Crippen LogP contribution in [0.5, 0.6) is 0 Å². The Kier molecular flexibility index (Phi) is 10.1. The highest BCUT2D eigenvalue weighted by Gasteiger charge is 2.30. The summed E-state index contributed by atoms with van der Waals surface area (Å²) >= 11 is 0. The molecule has 1 amide bonds. The molecule has 0 aromatic heterocycles. The zero-order valence-corrected chi connectivity index (χ0v) is 17.8. The highest BCUT2D eigenvalue weighted by molar-refractivity contribution is 14.0. The van der Waals surface area contributed by atoms with Crippen LogP contribution in [0.1, 0.15) is 34.1 Å². The molecule has 23 heavy (non-hydrogen) atoms. The summed E-state index contributed by atoms with van der Waals surface area (Å²) in [5.74, 6) is 0.935. The summed E-state index contributed by atoms with van der Waals surface area (Å²) in [5.41, 5.74) is -0.456. The van der Waals surface area contributed by atoms with Crippen LogP contribution in [-0.2, 0) is 4.79 Å². The van der Waals surface area contributed by atoms with Crippen LogP contribution >= 0.6 is 24.0 Å². The summed E-state index contributed by atoms with van der Waals surface area (Å²) in [6.07, 6.45) is 1.17. The van der Waals surface area contributed by atoms with E-state index in [0.717, 1.165) is 32.1 Å². The van der Waals surface area contributed by atoms with Crippen LogP contribution in [0.15, 0.2) is 4.99 Å². The predicted molar refractivity (Wildman–Crippen MR) is 108 cm³/mol. The summed E-state index contributed by atoms with van der Waals surface area (Å²) in [4.78, 5) is 21.0. The minimum atomic E-state index is -0.456. The molecular weight excluding hydrogens is 405 g/mol. The molecule has 1 heterocycles. The van der Waals surface area contributed by atoms with E-state index in [9.17, 15) is 4.79 Å². The summed E-state index contributed by atoms with van der Waals surface area (Å²) in [7, 11) is 3.48. The second kappa shape index (κ2) is 10.3. The van der Waals surface area contributed by atoms with Gasteiger partial charge in [0.1, 0.15) is 0 Å². The predicted octanol–water partition coefficient (Wildman–Crippen LogP) is 1.37. The number of aliphatic imine (C=N–C) groups is 1. The Morgan fingerprint density at radius 3 is 2.43 bits per heavy atom. The lowest BCUT2D eigenvalue weighted by Crippen LogP contribution is -2.48. The van der Waals surface area contributed by atoms with Crippen LogP contribution < -0.4 is 10.6 Å². The quantitative estimate of drug-likeness (QED) is 0.373. The average Bonchev–Trinajstić information content (AvgIpc) is 2.97. The molecule has 6 nitrogen and oxygen atoms in total. The Balaban J connectivity index is 0.00000484. The van der Waals surface area contributed by atoms with Gasteiger partial charge in [0.05, 0.1) is 5.41 Å². The first-order chi connectivity index (χ1) is 10.4. The van der Waals surface area contributed by atoms with Crippen LogP contribution in [0, 0.1) is 5.41 Å². The molecule has 1 atom stereocenters. The number of amides is 1. The number of nitrogens with zero attached hydrogens (tertiary/aromatic N) is 3. The molecule has 0 aromatic carbocycles. The number of nitrogens with one attached hydrogen (secondary N) is 2. The Bertz CT molecular complexity index is 396. The van der Waals surface area contributed by atoms with Crippen molar-refractivity contribution in [1.82, 2.24) is 20.4 Å². The number of hydrogen-bond acceptors (Lipinski definition) is 3. The molecule has 1 aliphatic rings. The average molecular weight is 439 g/mol. The summed E-state index contributed by atoms with van der Waals surface area (Å²) in [6.45, 7) is 13.1. The van der Waals surface area contributed by atoms with Gasteiger partial charge in [-0.15, -0.1) is 24.0 Å². The molecule has 7 heteroatoms. The minimum Gasteiger partial charge on any atom is -0.359 e. The number of rotatable bonds is 6. The highest BCUT2D eigenvalue weighted by atomic mass is 127. The molecule has 0 radical (unpaired) electrons.